The average Bonchev–Trinajstić information content (AvgIpc) is 2.11. The van der Waals surface area contributed by atoms with Crippen molar-refractivity contribution in [3.05, 3.63) is 0 Å². The highest BCUT2D eigenvalue weighted by Gasteiger charge is 2.47. The summed E-state index contributed by atoms with van der Waals surface area (Å²) >= 11 is 0. The van der Waals surface area contributed by atoms with E-state index in [-0.39, 0.29) is 13.1 Å². The summed E-state index contributed by atoms with van der Waals surface area (Å²) in [6, 6.07) is 0. The van der Waals surface area contributed by atoms with Crippen molar-refractivity contribution < 1.29 is 17.6 Å². The molecule has 1 fully saturated rings. The van der Waals surface area contributed by atoms with Crippen molar-refractivity contribution in [3.63, 3.8) is 0 Å². The smallest absolute Gasteiger partial charge is 0.313 e. The molecule has 1 rings (SSSR count). The summed E-state index contributed by atoms with van der Waals surface area (Å²) in [6.07, 6.45) is -6.15. The highest BCUT2D eigenvalue weighted by molar-refractivity contribution is 4.85. The van der Waals surface area contributed by atoms with Crippen LogP contribution in [0.5, 0.6) is 0 Å². The van der Waals surface area contributed by atoms with Gasteiger partial charge in [0.15, 0.2) is 0 Å². The second kappa shape index (κ2) is 2.38. The summed E-state index contributed by atoms with van der Waals surface area (Å²) in [5.74, 6) is -1.80. The first-order chi connectivity index (χ1) is 4.52. The molecule has 2 atom stereocenters. The summed E-state index contributed by atoms with van der Waals surface area (Å²) in [5.41, 5.74) is 0. The largest absolute Gasteiger partial charge is 0.395 e. The van der Waals surface area contributed by atoms with Crippen LogP contribution in [0.15, 0.2) is 0 Å². The van der Waals surface area contributed by atoms with Crippen LogP contribution < -0.4 is 5.32 Å². The van der Waals surface area contributed by atoms with E-state index in [1.54, 1.807) is 0 Å². The number of alkyl halides is 4. The van der Waals surface area contributed by atoms with Gasteiger partial charge in [-0.2, -0.15) is 13.2 Å². The second-order valence-electron chi connectivity index (χ2n) is 2.32. The van der Waals surface area contributed by atoms with Crippen molar-refractivity contribution in [1.29, 1.82) is 0 Å². The molecule has 1 heterocycles. The zero-order chi connectivity index (χ0) is 7.78. The van der Waals surface area contributed by atoms with Gasteiger partial charge in [0, 0.05) is 13.1 Å². The van der Waals surface area contributed by atoms with Crippen molar-refractivity contribution >= 4 is 0 Å². The summed E-state index contributed by atoms with van der Waals surface area (Å²) in [6.45, 7) is -0.463. The SMILES string of the molecule is FC1CNCC1C(F)(F)F. The quantitative estimate of drug-likeness (QED) is 0.519. The third-order valence-corrected chi connectivity index (χ3v) is 1.56. The predicted octanol–water partition coefficient (Wildman–Crippen LogP) is 1.11. The maximum absolute atomic E-state index is 12.3. The topological polar surface area (TPSA) is 12.0 Å². The van der Waals surface area contributed by atoms with Crippen LogP contribution in [0.3, 0.4) is 0 Å². The van der Waals surface area contributed by atoms with E-state index in [2.05, 4.69) is 5.32 Å². The fraction of sp³-hybridized carbons (Fsp3) is 1.00. The van der Waals surface area contributed by atoms with E-state index in [1.165, 1.54) is 0 Å². The molecule has 0 spiro atoms. The molecule has 1 aliphatic heterocycles. The maximum atomic E-state index is 12.3. The number of rotatable bonds is 0. The van der Waals surface area contributed by atoms with E-state index in [1.807, 2.05) is 0 Å². The minimum atomic E-state index is -4.39. The van der Waals surface area contributed by atoms with E-state index >= 15 is 0 Å². The zero-order valence-corrected chi connectivity index (χ0v) is 5.08. The van der Waals surface area contributed by atoms with Crippen LogP contribution in [-0.2, 0) is 0 Å². The Bertz CT molecular complexity index is 121. The Morgan fingerprint density at radius 1 is 1.20 bits per heavy atom. The molecule has 0 aromatic rings. The number of hydrogen-bond donors (Lipinski definition) is 1. The monoisotopic (exact) mass is 157 g/mol. The lowest BCUT2D eigenvalue weighted by Gasteiger charge is -2.14. The first-order valence-electron chi connectivity index (χ1n) is 2.93. The summed E-state index contributed by atoms with van der Waals surface area (Å²) in [4.78, 5) is 0. The van der Waals surface area contributed by atoms with Gasteiger partial charge in [0.05, 0.1) is 5.92 Å². The molecule has 1 nitrogen and oxygen atoms in total. The fourth-order valence-corrected chi connectivity index (χ4v) is 0.968. The summed E-state index contributed by atoms with van der Waals surface area (Å²) in [7, 11) is 0. The summed E-state index contributed by atoms with van der Waals surface area (Å²) < 4.78 is 47.5. The van der Waals surface area contributed by atoms with Crippen LogP contribution in [0.25, 0.3) is 0 Å². The molecule has 1 saturated heterocycles. The fourth-order valence-electron chi connectivity index (χ4n) is 0.968. The molecule has 2 unspecified atom stereocenters. The van der Waals surface area contributed by atoms with Gasteiger partial charge < -0.3 is 5.32 Å². The Morgan fingerprint density at radius 3 is 2.00 bits per heavy atom. The third-order valence-electron chi connectivity index (χ3n) is 1.56. The van der Waals surface area contributed by atoms with Crippen molar-refractivity contribution in [2.75, 3.05) is 13.1 Å². The van der Waals surface area contributed by atoms with Gasteiger partial charge in [-0.1, -0.05) is 0 Å². The zero-order valence-electron chi connectivity index (χ0n) is 5.08. The molecule has 60 valence electrons. The lowest BCUT2D eigenvalue weighted by molar-refractivity contribution is -0.180. The van der Waals surface area contributed by atoms with E-state index in [0.29, 0.717) is 0 Å². The van der Waals surface area contributed by atoms with Gasteiger partial charge >= 0.3 is 6.18 Å². The van der Waals surface area contributed by atoms with Crippen molar-refractivity contribution in [2.24, 2.45) is 5.92 Å². The van der Waals surface area contributed by atoms with E-state index in [4.69, 9.17) is 0 Å². The van der Waals surface area contributed by atoms with Crippen molar-refractivity contribution in [1.82, 2.24) is 5.32 Å². The van der Waals surface area contributed by atoms with Gasteiger partial charge in [-0.15, -0.1) is 0 Å². The first-order valence-corrected chi connectivity index (χ1v) is 2.93. The Morgan fingerprint density at radius 2 is 1.80 bits per heavy atom. The molecule has 0 aromatic carbocycles. The standard InChI is InChI=1S/C5H7F4N/c6-4-2-10-1-3(4)5(7,8)9/h3-4,10H,1-2H2. The van der Waals surface area contributed by atoms with Crippen LogP contribution in [0, 0.1) is 5.92 Å². The molecule has 5 heteroatoms. The molecule has 0 bridgehead atoms. The molecule has 10 heavy (non-hydrogen) atoms. The van der Waals surface area contributed by atoms with Crippen LogP contribution >= 0.6 is 0 Å². The number of halogens is 4. The molecular formula is C5H7F4N. The van der Waals surface area contributed by atoms with Gasteiger partial charge in [-0.3, -0.25) is 0 Å². The van der Waals surface area contributed by atoms with Crippen LogP contribution in [-0.4, -0.2) is 25.4 Å². The van der Waals surface area contributed by atoms with E-state index < -0.39 is 18.3 Å². The normalized spacial score (nSPS) is 34.8. The Labute approximate surface area is 55.4 Å². The Kier molecular flexibility index (Phi) is 1.85. The number of hydrogen-bond acceptors (Lipinski definition) is 1. The lowest BCUT2D eigenvalue weighted by Crippen LogP contribution is -2.30. The molecule has 0 amide bonds. The van der Waals surface area contributed by atoms with Gasteiger partial charge in [-0.05, 0) is 0 Å². The highest BCUT2D eigenvalue weighted by atomic mass is 19.4. The molecule has 1 aliphatic rings. The molecule has 0 aromatic heterocycles. The minimum Gasteiger partial charge on any atom is -0.313 e. The molecule has 1 N–H and O–H groups in total. The van der Waals surface area contributed by atoms with Crippen LogP contribution in [0.1, 0.15) is 0 Å². The Hall–Kier alpha value is -0.320. The lowest BCUT2D eigenvalue weighted by atomic mass is 10.1. The van der Waals surface area contributed by atoms with Gasteiger partial charge in [0.1, 0.15) is 6.17 Å². The molecule has 0 radical (unpaired) electrons. The average molecular weight is 157 g/mol. The summed E-state index contributed by atoms with van der Waals surface area (Å²) in [5, 5.41) is 2.33. The van der Waals surface area contributed by atoms with Gasteiger partial charge in [0.2, 0.25) is 0 Å². The van der Waals surface area contributed by atoms with Crippen molar-refractivity contribution in [3.8, 4) is 0 Å². The van der Waals surface area contributed by atoms with Gasteiger partial charge in [-0.25, -0.2) is 4.39 Å². The molecular weight excluding hydrogens is 150 g/mol. The second-order valence-corrected chi connectivity index (χ2v) is 2.32. The molecule has 0 saturated carbocycles. The highest BCUT2D eigenvalue weighted by Crippen LogP contribution is 2.31. The third kappa shape index (κ3) is 1.39. The van der Waals surface area contributed by atoms with E-state index in [9.17, 15) is 17.6 Å². The molecule has 0 aliphatic carbocycles. The minimum absolute atomic E-state index is 0.176. The first kappa shape index (κ1) is 7.78. The Balaban J connectivity index is 2.55. The van der Waals surface area contributed by atoms with Crippen LogP contribution in [0.4, 0.5) is 17.6 Å². The predicted molar refractivity (Wildman–Crippen MR) is 27.3 cm³/mol. The van der Waals surface area contributed by atoms with Crippen LogP contribution in [0.2, 0.25) is 0 Å². The van der Waals surface area contributed by atoms with Crippen molar-refractivity contribution in [2.45, 2.75) is 12.3 Å². The number of nitrogens with one attached hydrogen (secondary N) is 1. The maximum Gasteiger partial charge on any atom is 0.395 e. The van der Waals surface area contributed by atoms with E-state index in [0.717, 1.165) is 0 Å². The van der Waals surface area contributed by atoms with Gasteiger partial charge in [0.25, 0.3) is 0 Å².